The third-order valence-electron chi connectivity index (χ3n) is 3.64. The fourth-order valence-electron chi connectivity index (χ4n) is 2.21. The first kappa shape index (κ1) is 12.9. The summed E-state index contributed by atoms with van der Waals surface area (Å²) in [6.45, 7) is 5.85. The van der Waals surface area contributed by atoms with Crippen molar-refractivity contribution >= 4 is 5.97 Å². The number of rotatable bonds is 5. The van der Waals surface area contributed by atoms with E-state index in [2.05, 4.69) is 13.8 Å². The van der Waals surface area contributed by atoms with E-state index < -0.39 is 11.6 Å². The molecule has 0 aromatic heterocycles. The normalized spacial score (nSPS) is 18.4. The molecule has 18 heavy (non-hydrogen) atoms. The summed E-state index contributed by atoms with van der Waals surface area (Å²) in [5.41, 5.74) is -0.0315. The van der Waals surface area contributed by atoms with Crippen molar-refractivity contribution in [3.05, 3.63) is 29.8 Å². The van der Waals surface area contributed by atoms with Gasteiger partial charge in [-0.05, 0) is 37.3 Å². The van der Waals surface area contributed by atoms with Gasteiger partial charge in [0.2, 0.25) is 5.60 Å². The summed E-state index contributed by atoms with van der Waals surface area (Å²) < 4.78 is 5.88. The van der Waals surface area contributed by atoms with Crippen LogP contribution >= 0.6 is 0 Å². The van der Waals surface area contributed by atoms with Gasteiger partial charge >= 0.3 is 5.97 Å². The summed E-state index contributed by atoms with van der Waals surface area (Å²) in [5, 5.41) is 9.41. The van der Waals surface area contributed by atoms with Crippen molar-refractivity contribution in [2.75, 3.05) is 0 Å². The number of hydrogen-bond donors (Lipinski definition) is 1. The monoisotopic (exact) mass is 248 g/mol. The number of para-hydroxylation sites is 1. The predicted octanol–water partition coefficient (Wildman–Crippen LogP) is 3.44. The van der Waals surface area contributed by atoms with E-state index in [4.69, 9.17) is 4.74 Å². The Balaban J connectivity index is 2.30. The van der Waals surface area contributed by atoms with Gasteiger partial charge in [0.15, 0.2) is 0 Å². The highest BCUT2D eigenvalue weighted by molar-refractivity contribution is 5.78. The summed E-state index contributed by atoms with van der Waals surface area (Å²) in [4.78, 5) is 11.5. The van der Waals surface area contributed by atoms with Gasteiger partial charge in [0.25, 0.3) is 0 Å². The number of carboxylic acid groups (broad SMARTS) is 1. The average molecular weight is 248 g/mol. The zero-order valence-corrected chi connectivity index (χ0v) is 11.1. The third kappa shape index (κ3) is 2.35. The maximum atomic E-state index is 11.5. The standard InChI is InChI=1S/C15H20O3/c1-10(2)12-6-4-5-7-13(12)18-15(3,14(16)17)11-8-9-11/h4-7,10-11H,8-9H2,1-3H3,(H,16,17). The molecule has 1 unspecified atom stereocenters. The molecule has 1 aromatic carbocycles. The van der Waals surface area contributed by atoms with Gasteiger partial charge in [-0.3, -0.25) is 0 Å². The minimum Gasteiger partial charge on any atom is -0.478 e. The van der Waals surface area contributed by atoms with Crippen LogP contribution in [0.5, 0.6) is 5.75 Å². The van der Waals surface area contributed by atoms with Crippen molar-refractivity contribution < 1.29 is 14.6 Å². The fraction of sp³-hybridized carbons (Fsp3) is 0.533. The molecule has 1 aliphatic rings. The summed E-state index contributed by atoms with van der Waals surface area (Å²) in [6.07, 6.45) is 1.87. The number of hydrogen-bond acceptors (Lipinski definition) is 2. The smallest absolute Gasteiger partial charge is 0.348 e. The van der Waals surface area contributed by atoms with Crippen LogP contribution in [0.15, 0.2) is 24.3 Å². The lowest BCUT2D eigenvalue weighted by atomic mass is 9.98. The Morgan fingerprint density at radius 3 is 2.50 bits per heavy atom. The maximum absolute atomic E-state index is 11.5. The molecular formula is C15H20O3. The highest BCUT2D eigenvalue weighted by atomic mass is 16.5. The second-order valence-corrected chi connectivity index (χ2v) is 5.48. The third-order valence-corrected chi connectivity index (χ3v) is 3.64. The largest absolute Gasteiger partial charge is 0.478 e. The van der Waals surface area contributed by atoms with Gasteiger partial charge in [0, 0.05) is 5.92 Å². The van der Waals surface area contributed by atoms with Crippen LogP contribution in [0.4, 0.5) is 0 Å². The number of carbonyl (C=O) groups is 1. The van der Waals surface area contributed by atoms with Crippen molar-refractivity contribution in [3.63, 3.8) is 0 Å². The summed E-state index contributed by atoms with van der Waals surface area (Å²) in [7, 11) is 0. The molecule has 0 bridgehead atoms. The Morgan fingerprint density at radius 1 is 1.39 bits per heavy atom. The molecule has 3 nitrogen and oxygen atoms in total. The Hall–Kier alpha value is -1.51. The van der Waals surface area contributed by atoms with Crippen LogP contribution in [-0.2, 0) is 4.79 Å². The Labute approximate surface area is 108 Å². The fourth-order valence-corrected chi connectivity index (χ4v) is 2.21. The van der Waals surface area contributed by atoms with Crippen LogP contribution in [-0.4, -0.2) is 16.7 Å². The molecule has 0 amide bonds. The van der Waals surface area contributed by atoms with Crippen LogP contribution < -0.4 is 4.74 Å². The van der Waals surface area contributed by atoms with E-state index in [0.717, 1.165) is 18.4 Å². The second-order valence-electron chi connectivity index (χ2n) is 5.48. The summed E-state index contributed by atoms with van der Waals surface area (Å²) in [5.74, 6) is 0.279. The quantitative estimate of drug-likeness (QED) is 0.868. The van der Waals surface area contributed by atoms with Gasteiger partial charge in [0.05, 0.1) is 0 Å². The zero-order chi connectivity index (χ0) is 13.3. The van der Waals surface area contributed by atoms with E-state index in [0.29, 0.717) is 11.7 Å². The number of carboxylic acids is 1. The van der Waals surface area contributed by atoms with E-state index in [1.165, 1.54) is 0 Å². The number of aliphatic carboxylic acids is 1. The van der Waals surface area contributed by atoms with E-state index in [1.807, 2.05) is 24.3 Å². The molecule has 1 saturated carbocycles. The van der Waals surface area contributed by atoms with Crippen LogP contribution in [0.25, 0.3) is 0 Å². The van der Waals surface area contributed by atoms with Crippen molar-refractivity contribution in [2.24, 2.45) is 5.92 Å². The van der Waals surface area contributed by atoms with Gasteiger partial charge in [-0.25, -0.2) is 4.79 Å². The Bertz CT molecular complexity index is 449. The number of benzene rings is 1. The van der Waals surface area contributed by atoms with Crippen LogP contribution in [0.2, 0.25) is 0 Å². The average Bonchev–Trinajstić information content (AvgIpc) is 3.13. The Kier molecular flexibility index (Phi) is 3.33. The first-order valence-electron chi connectivity index (χ1n) is 6.46. The maximum Gasteiger partial charge on any atom is 0.348 e. The lowest BCUT2D eigenvalue weighted by Gasteiger charge is -2.28. The number of ether oxygens (including phenoxy) is 1. The highest BCUT2D eigenvalue weighted by Crippen LogP contribution is 2.43. The van der Waals surface area contributed by atoms with E-state index >= 15 is 0 Å². The molecule has 3 heteroatoms. The van der Waals surface area contributed by atoms with Crippen molar-refractivity contribution in [1.29, 1.82) is 0 Å². The van der Waals surface area contributed by atoms with Crippen LogP contribution in [0.1, 0.15) is 45.1 Å². The first-order valence-corrected chi connectivity index (χ1v) is 6.46. The SMILES string of the molecule is CC(C)c1ccccc1OC(C)(C(=O)O)C1CC1. The molecule has 0 radical (unpaired) electrons. The molecule has 1 fully saturated rings. The molecule has 0 saturated heterocycles. The van der Waals surface area contributed by atoms with Crippen molar-refractivity contribution in [3.8, 4) is 5.75 Å². The zero-order valence-electron chi connectivity index (χ0n) is 11.1. The Morgan fingerprint density at radius 2 is 2.00 bits per heavy atom. The molecule has 0 heterocycles. The summed E-state index contributed by atoms with van der Waals surface area (Å²) in [6, 6.07) is 7.70. The minimum atomic E-state index is -1.09. The molecular weight excluding hydrogens is 228 g/mol. The minimum absolute atomic E-state index is 0.134. The lowest BCUT2D eigenvalue weighted by Crippen LogP contribution is -2.44. The summed E-state index contributed by atoms with van der Waals surface area (Å²) >= 11 is 0. The molecule has 1 atom stereocenters. The molecule has 0 aliphatic heterocycles. The first-order chi connectivity index (χ1) is 8.45. The van der Waals surface area contributed by atoms with Gasteiger partial charge in [-0.2, -0.15) is 0 Å². The van der Waals surface area contributed by atoms with Crippen molar-refractivity contribution in [2.45, 2.75) is 45.1 Å². The second kappa shape index (κ2) is 4.63. The molecule has 1 aromatic rings. The van der Waals surface area contributed by atoms with Crippen molar-refractivity contribution in [1.82, 2.24) is 0 Å². The molecule has 1 N–H and O–H groups in total. The van der Waals surface area contributed by atoms with Crippen LogP contribution in [0.3, 0.4) is 0 Å². The molecule has 2 rings (SSSR count). The van der Waals surface area contributed by atoms with E-state index in [-0.39, 0.29) is 5.92 Å². The highest BCUT2D eigenvalue weighted by Gasteiger charge is 2.50. The molecule has 0 spiro atoms. The molecule has 1 aliphatic carbocycles. The van der Waals surface area contributed by atoms with Crippen LogP contribution in [0, 0.1) is 5.92 Å². The van der Waals surface area contributed by atoms with Gasteiger partial charge in [-0.1, -0.05) is 32.0 Å². The predicted molar refractivity (Wildman–Crippen MR) is 69.9 cm³/mol. The molecule has 98 valence electrons. The van der Waals surface area contributed by atoms with Gasteiger partial charge < -0.3 is 9.84 Å². The van der Waals surface area contributed by atoms with Gasteiger partial charge in [0.1, 0.15) is 5.75 Å². The van der Waals surface area contributed by atoms with E-state index in [9.17, 15) is 9.90 Å². The lowest BCUT2D eigenvalue weighted by molar-refractivity contribution is -0.155. The van der Waals surface area contributed by atoms with Gasteiger partial charge in [-0.15, -0.1) is 0 Å². The topological polar surface area (TPSA) is 46.5 Å². The van der Waals surface area contributed by atoms with E-state index in [1.54, 1.807) is 6.92 Å².